The van der Waals surface area contributed by atoms with Crippen molar-refractivity contribution >= 4 is 23.2 Å². The van der Waals surface area contributed by atoms with E-state index in [1.54, 1.807) is 11.3 Å². The molecule has 5 nitrogen and oxygen atoms in total. The van der Waals surface area contributed by atoms with Gasteiger partial charge in [0.1, 0.15) is 5.01 Å². The van der Waals surface area contributed by atoms with Crippen LogP contribution in [0.2, 0.25) is 0 Å². The predicted molar refractivity (Wildman–Crippen MR) is 83.3 cm³/mol. The van der Waals surface area contributed by atoms with E-state index in [-0.39, 0.29) is 23.8 Å². The molecule has 3 aliphatic rings. The van der Waals surface area contributed by atoms with Gasteiger partial charge in [0, 0.05) is 37.1 Å². The van der Waals surface area contributed by atoms with Gasteiger partial charge in [-0.3, -0.25) is 9.59 Å². The lowest BCUT2D eigenvalue weighted by Crippen LogP contribution is -2.42. The van der Waals surface area contributed by atoms with Crippen molar-refractivity contribution < 1.29 is 9.59 Å². The van der Waals surface area contributed by atoms with Gasteiger partial charge in [-0.2, -0.15) is 0 Å². The van der Waals surface area contributed by atoms with E-state index >= 15 is 0 Å². The first-order valence-electron chi connectivity index (χ1n) is 8.23. The normalized spacial score (nSPS) is 29.2. The molecule has 2 amide bonds. The van der Waals surface area contributed by atoms with Gasteiger partial charge in [-0.25, -0.2) is 4.98 Å². The van der Waals surface area contributed by atoms with Crippen molar-refractivity contribution in [1.82, 2.24) is 14.8 Å². The molecule has 2 atom stereocenters. The van der Waals surface area contributed by atoms with E-state index in [2.05, 4.69) is 4.98 Å². The number of aromatic nitrogens is 1. The van der Waals surface area contributed by atoms with Gasteiger partial charge in [0.05, 0.1) is 12.0 Å². The van der Waals surface area contributed by atoms with Gasteiger partial charge in [-0.1, -0.05) is 0 Å². The highest BCUT2D eigenvalue weighted by Gasteiger charge is 2.44. The molecule has 4 rings (SSSR count). The Bertz CT molecular complexity index is 570. The highest BCUT2D eigenvalue weighted by molar-refractivity contribution is 7.09. The van der Waals surface area contributed by atoms with Gasteiger partial charge >= 0.3 is 0 Å². The Balaban J connectivity index is 1.49. The predicted octanol–water partition coefficient (Wildman–Crippen LogP) is 2.21. The van der Waals surface area contributed by atoms with Crippen molar-refractivity contribution in [2.75, 3.05) is 13.1 Å². The van der Waals surface area contributed by atoms with E-state index in [0.29, 0.717) is 19.0 Å². The number of thiazole rings is 1. The van der Waals surface area contributed by atoms with Gasteiger partial charge in [0.2, 0.25) is 11.8 Å². The molecule has 0 bridgehead atoms. The summed E-state index contributed by atoms with van der Waals surface area (Å²) in [5, 5.41) is 3.01. The Morgan fingerprint density at radius 3 is 2.86 bits per heavy atom. The number of amides is 2. The van der Waals surface area contributed by atoms with Gasteiger partial charge < -0.3 is 9.80 Å². The lowest BCUT2D eigenvalue weighted by Gasteiger charge is -2.36. The van der Waals surface area contributed by atoms with Crippen LogP contribution >= 0.6 is 11.3 Å². The van der Waals surface area contributed by atoms with Gasteiger partial charge in [-0.15, -0.1) is 11.3 Å². The fourth-order valence-corrected chi connectivity index (χ4v) is 4.51. The fourth-order valence-electron chi connectivity index (χ4n) is 3.72. The number of carbonyl (C=O) groups is 2. The third-order valence-corrected chi connectivity index (χ3v) is 5.89. The first-order chi connectivity index (χ1) is 10.7. The molecule has 2 saturated heterocycles. The van der Waals surface area contributed by atoms with E-state index in [9.17, 15) is 9.59 Å². The molecule has 2 aliphatic heterocycles. The Morgan fingerprint density at radius 1 is 1.27 bits per heavy atom. The zero-order chi connectivity index (χ0) is 15.1. The first-order valence-corrected chi connectivity index (χ1v) is 9.11. The van der Waals surface area contributed by atoms with Crippen molar-refractivity contribution in [3.8, 4) is 0 Å². The lowest BCUT2D eigenvalue weighted by atomic mass is 9.99. The first kappa shape index (κ1) is 14.2. The summed E-state index contributed by atoms with van der Waals surface area (Å²) >= 11 is 1.63. The molecule has 0 aromatic carbocycles. The van der Waals surface area contributed by atoms with Crippen LogP contribution in [0.15, 0.2) is 11.6 Å². The average Bonchev–Trinajstić information content (AvgIpc) is 3.09. The smallest absolute Gasteiger partial charge is 0.228 e. The van der Waals surface area contributed by atoms with Gasteiger partial charge in [-0.05, 0) is 32.1 Å². The second-order valence-electron chi connectivity index (χ2n) is 6.59. The molecule has 6 heteroatoms. The maximum atomic E-state index is 13.0. The van der Waals surface area contributed by atoms with Crippen LogP contribution in [-0.4, -0.2) is 45.7 Å². The van der Waals surface area contributed by atoms with Crippen molar-refractivity contribution in [1.29, 1.82) is 0 Å². The highest BCUT2D eigenvalue weighted by Crippen LogP contribution is 2.37. The molecule has 2 unspecified atom stereocenters. The lowest BCUT2D eigenvalue weighted by molar-refractivity contribution is -0.139. The minimum atomic E-state index is -0.145. The molecule has 0 radical (unpaired) electrons. The van der Waals surface area contributed by atoms with E-state index in [1.165, 1.54) is 0 Å². The van der Waals surface area contributed by atoms with Crippen molar-refractivity contribution in [3.63, 3.8) is 0 Å². The quantitative estimate of drug-likeness (QED) is 0.858. The SMILES string of the molecule is O=C1CC(C(=O)N2CCCCC2c2nccs2)CN1C1CC1. The minimum Gasteiger partial charge on any atom is -0.339 e. The van der Waals surface area contributed by atoms with Crippen molar-refractivity contribution in [2.24, 2.45) is 5.92 Å². The fraction of sp³-hybridized carbons (Fsp3) is 0.688. The van der Waals surface area contributed by atoms with Crippen LogP contribution in [-0.2, 0) is 9.59 Å². The van der Waals surface area contributed by atoms with E-state index < -0.39 is 0 Å². The second-order valence-corrected chi connectivity index (χ2v) is 7.52. The molecule has 1 aromatic heterocycles. The summed E-state index contributed by atoms with van der Waals surface area (Å²) in [5.41, 5.74) is 0. The van der Waals surface area contributed by atoms with Crippen LogP contribution in [0.1, 0.15) is 49.6 Å². The summed E-state index contributed by atoms with van der Waals surface area (Å²) in [5.74, 6) is 0.189. The summed E-state index contributed by atoms with van der Waals surface area (Å²) in [6.45, 7) is 1.43. The summed E-state index contributed by atoms with van der Waals surface area (Å²) in [7, 11) is 0. The Hall–Kier alpha value is -1.43. The number of hydrogen-bond acceptors (Lipinski definition) is 4. The molecule has 1 aliphatic carbocycles. The molecule has 22 heavy (non-hydrogen) atoms. The monoisotopic (exact) mass is 319 g/mol. The number of hydrogen-bond donors (Lipinski definition) is 0. The van der Waals surface area contributed by atoms with Gasteiger partial charge in [0.25, 0.3) is 0 Å². The standard InChI is InChI=1S/C16H21N3O2S/c20-14-9-11(10-19(14)12-4-5-12)16(21)18-7-2-1-3-13(18)15-17-6-8-22-15/h6,8,11-13H,1-5,7,9-10H2. The average molecular weight is 319 g/mol. The van der Waals surface area contributed by atoms with Crippen LogP contribution in [0.5, 0.6) is 0 Å². The van der Waals surface area contributed by atoms with Crippen molar-refractivity contribution in [2.45, 2.75) is 50.6 Å². The number of carbonyl (C=O) groups excluding carboxylic acids is 2. The van der Waals surface area contributed by atoms with Crippen LogP contribution in [0.4, 0.5) is 0 Å². The zero-order valence-electron chi connectivity index (χ0n) is 12.6. The van der Waals surface area contributed by atoms with Crippen LogP contribution in [0, 0.1) is 5.92 Å². The molecule has 0 N–H and O–H groups in total. The molecule has 3 fully saturated rings. The van der Waals surface area contributed by atoms with Crippen LogP contribution in [0.3, 0.4) is 0 Å². The molecular formula is C16H21N3O2S. The summed E-state index contributed by atoms with van der Waals surface area (Å²) in [4.78, 5) is 33.4. The maximum Gasteiger partial charge on any atom is 0.228 e. The summed E-state index contributed by atoms with van der Waals surface area (Å²) in [6, 6.07) is 0.535. The minimum absolute atomic E-state index is 0.117. The van der Waals surface area contributed by atoms with E-state index in [0.717, 1.165) is 43.7 Å². The highest BCUT2D eigenvalue weighted by atomic mass is 32.1. The molecule has 1 saturated carbocycles. The zero-order valence-corrected chi connectivity index (χ0v) is 13.4. The summed E-state index contributed by atoms with van der Waals surface area (Å²) < 4.78 is 0. The molecule has 118 valence electrons. The van der Waals surface area contributed by atoms with Crippen LogP contribution in [0.25, 0.3) is 0 Å². The van der Waals surface area contributed by atoms with E-state index in [1.807, 2.05) is 21.4 Å². The van der Waals surface area contributed by atoms with Gasteiger partial charge in [0.15, 0.2) is 0 Å². The second kappa shape index (κ2) is 5.65. The molecule has 3 heterocycles. The third kappa shape index (κ3) is 2.53. The van der Waals surface area contributed by atoms with Crippen molar-refractivity contribution in [3.05, 3.63) is 16.6 Å². The van der Waals surface area contributed by atoms with E-state index in [4.69, 9.17) is 0 Å². The number of nitrogens with zero attached hydrogens (tertiary/aromatic N) is 3. The number of piperidine rings is 1. The molecular weight excluding hydrogens is 298 g/mol. The maximum absolute atomic E-state index is 13.0. The summed E-state index contributed by atoms with van der Waals surface area (Å²) in [6.07, 6.45) is 7.62. The number of likely N-dealkylation sites (tertiary alicyclic amines) is 2. The topological polar surface area (TPSA) is 53.5 Å². The Morgan fingerprint density at radius 2 is 2.14 bits per heavy atom. The molecule has 1 aromatic rings. The molecule has 0 spiro atoms. The van der Waals surface area contributed by atoms with Crippen LogP contribution < -0.4 is 0 Å². The Labute approximate surface area is 134 Å². The number of rotatable bonds is 3. The Kier molecular flexibility index (Phi) is 3.64. The third-order valence-electron chi connectivity index (χ3n) is 5.02. The largest absolute Gasteiger partial charge is 0.339 e.